The van der Waals surface area contributed by atoms with Crippen molar-refractivity contribution in [3.63, 3.8) is 0 Å². The minimum absolute atomic E-state index is 0.126. The molecule has 1 saturated heterocycles. The summed E-state index contributed by atoms with van der Waals surface area (Å²) in [5.41, 5.74) is -0.844. The molecule has 1 atom stereocenters. The fourth-order valence-electron chi connectivity index (χ4n) is 2.39. The molecule has 7 heteroatoms. The number of carbonyl (C=O) groups excluding carboxylic acids is 2. The van der Waals surface area contributed by atoms with Gasteiger partial charge in [0.2, 0.25) is 0 Å². The first-order valence-electron chi connectivity index (χ1n) is 6.64. The fraction of sp³-hybridized carbons (Fsp3) is 0.429. The van der Waals surface area contributed by atoms with E-state index in [0.29, 0.717) is 11.7 Å². The molecule has 1 heterocycles. The van der Waals surface area contributed by atoms with Gasteiger partial charge in [-0.1, -0.05) is 37.3 Å². The number of imide groups is 1. The van der Waals surface area contributed by atoms with Gasteiger partial charge in [0, 0.05) is 16.8 Å². The molecule has 114 valence electrons. The van der Waals surface area contributed by atoms with Crippen LogP contribution in [0.25, 0.3) is 0 Å². The molecule has 1 aliphatic heterocycles. The lowest BCUT2D eigenvalue weighted by molar-refractivity contribution is -0.130. The van der Waals surface area contributed by atoms with E-state index >= 15 is 0 Å². The zero-order chi connectivity index (χ0) is 16.0. The number of amides is 3. The molecule has 21 heavy (non-hydrogen) atoms. The summed E-state index contributed by atoms with van der Waals surface area (Å²) in [5, 5.41) is 2.81. The second-order valence-electron chi connectivity index (χ2n) is 6.63. The lowest BCUT2D eigenvalue weighted by Crippen LogP contribution is -2.45. The third-order valence-electron chi connectivity index (χ3n) is 3.38. The Labute approximate surface area is 129 Å². The number of benzene rings is 1. The summed E-state index contributed by atoms with van der Waals surface area (Å²) in [6.07, 6.45) is 0.437. The van der Waals surface area contributed by atoms with Gasteiger partial charge in [0.05, 0.1) is 8.07 Å². The van der Waals surface area contributed by atoms with E-state index in [0.717, 1.165) is 6.07 Å². The Morgan fingerprint density at radius 3 is 2.48 bits per heavy atom. The maximum atomic E-state index is 13.2. The Balaban J connectivity index is 2.40. The smallest absolute Gasteiger partial charge is 0.319 e. The molecule has 0 aliphatic carbocycles. The number of carbonyl (C=O) groups is 2. The molecule has 1 fully saturated rings. The van der Waals surface area contributed by atoms with Gasteiger partial charge in [-0.15, -0.1) is 0 Å². The first-order valence-corrected chi connectivity index (χ1v) is 10.7. The van der Waals surface area contributed by atoms with Crippen molar-refractivity contribution in [2.75, 3.05) is 6.17 Å². The molecule has 1 aromatic rings. The zero-order valence-corrected chi connectivity index (χ0v) is 14.2. The topological polar surface area (TPSA) is 49.4 Å². The molecule has 4 nitrogen and oxygen atoms in total. The average Bonchev–Trinajstić information content (AvgIpc) is 2.52. The quantitative estimate of drug-likeness (QED) is 0.684. The van der Waals surface area contributed by atoms with Crippen LogP contribution in [0.3, 0.4) is 0 Å². The second-order valence-corrected chi connectivity index (χ2v) is 12.5. The summed E-state index contributed by atoms with van der Waals surface area (Å²) >= 11 is 6.04. The van der Waals surface area contributed by atoms with Crippen molar-refractivity contribution in [3.05, 3.63) is 34.6 Å². The van der Waals surface area contributed by atoms with E-state index in [-0.39, 0.29) is 10.9 Å². The largest absolute Gasteiger partial charge is 0.325 e. The lowest BCUT2D eigenvalue weighted by atomic mass is 9.92. The molecule has 1 unspecified atom stereocenters. The van der Waals surface area contributed by atoms with Crippen molar-refractivity contribution in [2.24, 2.45) is 0 Å². The van der Waals surface area contributed by atoms with Crippen molar-refractivity contribution in [1.82, 2.24) is 10.2 Å². The van der Waals surface area contributed by atoms with Crippen LogP contribution < -0.4 is 5.32 Å². The third-order valence-corrected chi connectivity index (χ3v) is 4.95. The van der Waals surface area contributed by atoms with E-state index in [1.54, 1.807) is 6.92 Å². The van der Waals surface area contributed by atoms with E-state index in [1.165, 1.54) is 17.0 Å². The van der Waals surface area contributed by atoms with Gasteiger partial charge in [0.25, 0.3) is 5.91 Å². The first kappa shape index (κ1) is 16.0. The van der Waals surface area contributed by atoms with Crippen LogP contribution in [-0.2, 0) is 10.3 Å². The van der Waals surface area contributed by atoms with Gasteiger partial charge in [0.15, 0.2) is 0 Å². The average molecular weight is 329 g/mol. The molecule has 1 aromatic carbocycles. The first-order chi connectivity index (χ1) is 9.54. The predicted molar refractivity (Wildman–Crippen MR) is 82.4 cm³/mol. The van der Waals surface area contributed by atoms with Crippen LogP contribution in [0, 0.1) is 5.82 Å². The highest BCUT2D eigenvalue weighted by atomic mass is 35.5. The Morgan fingerprint density at radius 2 is 1.95 bits per heavy atom. The highest BCUT2D eigenvalue weighted by molar-refractivity contribution is 6.76. The van der Waals surface area contributed by atoms with E-state index in [9.17, 15) is 14.0 Å². The third kappa shape index (κ3) is 2.96. The molecule has 0 saturated carbocycles. The number of nitrogens with one attached hydrogen (secondary N) is 1. The zero-order valence-electron chi connectivity index (χ0n) is 12.5. The Bertz CT molecular complexity index is 617. The molecule has 0 bridgehead atoms. The summed E-state index contributed by atoms with van der Waals surface area (Å²) in [5.74, 6) is -0.827. The summed E-state index contributed by atoms with van der Waals surface area (Å²) in [6.45, 7) is 7.83. The SMILES string of the molecule is CC1(c2ccc(F)cc2Cl)NC(=O)N(C[Si](C)(C)C)C1=O. The van der Waals surface area contributed by atoms with Gasteiger partial charge < -0.3 is 5.32 Å². The van der Waals surface area contributed by atoms with E-state index in [1.807, 2.05) is 0 Å². The number of rotatable bonds is 3. The molecule has 2 rings (SSSR count). The van der Waals surface area contributed by atoms with E-state index in [4.69, 9.17) is 11.6 Å². The highest BCUT2D eigenvalue weighted by Crippen LogP contribution is 2.34. The minimum atomic E-state index is -1.64. The summed E-state index contributed by atoms with van der Waals surface area (Å²) in [7, 11) is -1.64. The second kappa shape index (κ2) is 5.10. The van der Waals surface area contributed by atoms with Crippen LogP contribution in [0.1, 0.15) is 12.5 Å². The van der Waals surface area contributed by atoms with Crippen LogP contribution >= 0.6 is 11.6 Å². The molecular formula is C14H18ClFN2O2Si. The van der Waals surface area contributed by atoms with Gasteiger partial charge in [-0.25, -0.2) is 9.18 Å². The summed E-state index contributed by atoms with van der Waals surface area (Å²) < 4.78 is 13.2. The van der Waals surface area contributed by atoms with Gasteiger partial charge >= 0.3 is 6.03 Å². The van der Waals surface area contributed by atoms with E-state index in [2.05, 4.69) is 25.0 Å². The molecule has 1 N–H and O–H groups in total. The lowest BCUT2D eigenvalue weighted by Gasteiger charge is -2.25. The van der Waals surface area contributed by atoms with Gasteiger partial charge in [0.1, 0.15) is 11.4 Å². The van der Waals surface area contributed by atoms with Crippen LogP contribution in [0.2, 0.25) is 24.7 Å². The van der Waals surface area contributed by atoms with Gasteiger partial charge in [-0.2, -0.15) is 0 Å². The monoisotopic (exact) mass is 328 g/mol. The van der Waals surface area contributed by atoms with Gasteiger partial charge in [-0.3, -0.25) is 9.69 Å². The normalized spacial score (nSPS) is 22.7. The number of nitrogens with zero attached hydrogens (tertiary/aromatic N) is 1. The summed E-state index contributed by atoms with van der Waals surface area (Å²) in [4.78, 5) is 26.0. The van der Waals surface area contributed by atoms with Crippen LogP contribution in [0.15, 0.2) is 18.2 Å². The number of hydrogen-bond donors (Lipinski definition) is 1. The molecule has 1 aliphatic rings. The number of urea groups is 1. The Hall–Kier alpha value is -1.40. The van der Waals surface area contributed by atoms with Crippen LogP contribution in [0.4, 0.5) is 9.18 Å². The van der Waals surface area contributed by atoms with Crippen molar-refractivity contribution < 1.29 is 14.0 Å². The molecule has 3 amide bonds. The van der Waals surface area contributed by atoms with Crippen LogP contribution in [0.5, 0.6) is 0 Å². The van der Waals surface area contributed by atoms with Crippen molar-refractivity contribution in [3.8, 4) is 0 Å². The predicted octanol–water partition coefficient (Wildman–Crippen LogP) is 3.12. The molecule has 0 spiro atoms. The Morgan fingerprint density at radius 1 is 1.33 bits per heavy atom. The minimum Gasteiger partial charge on any atom is -0.319 e. The maximum Gasteiger partial charge on any atom is 0.325 e. The Kier molecular flexibility index (Phi) is 3.88. The van der Waals surface area contributed by atoms with Crippen molar-refractivity contribution in [2.45, 2.75) is 32.1 Å². The standard InChI is InChI=1S/C14H18ClFN2O2Si/c1-14(10-6-5-9(16)7-11(10)15)12(19)18(13(20)17-14)8-21(2,3)4/h5-7H,8H2,1-4H3,(H,17,20). The number of hydrogen-bond acceptors (Lipinski definition) is 2. The van der Waals surface area contributed by atoms with Crippen molar-refractivity contribution >= 4 is 31.6 Å². The van der Waals surface area contributed by atoms with Gasteiger partial charge in [-0.05, 0) is 19.1 Å². The fourth-order valence-corrected chi connectivity index (χ4v) is 3.98. The van der Waals surface area contributed by atoms with E-state index < -0.39 is 25.5 Å². The highest BCUT2D eigenvalue weighted by Gasteiger charge is 2.50. The number of halogens is 2. The molecular weight excluding hydrogens is 311 g/mol. The summed E-state index contributed by atoms with van der Waals surface area (Å²) in [6, 6.07) is 3.38. The van der Waals surface area contributed by atoms with Crippen LogP contribution in [-0.4, -0.2) is 31.1 Å². The van der Waals surface area contributed by atoms with Crippen molar-refractivity contribution in [1.29, 1.82) is 0 Å². The maximum absolute atomic E-state index is 13.2. The molecule has 0 radical (unpaired) electrons. The molecule has 0 aromatic heterocycles.